The van der Waals surface area contributed by atoms with Gasteiger partial charge in [0.1, 0.15) is 0 Å². The Labute approximate surface area is 189 Å². The molecule has 5 rings (SSSR count). The van der Waals surface area contributed by atoms with Crippen LogP contribution in [0, 0.1) is 0 Å². The van der Waals surface area contributed by atoms with Gasteiger partial charge >= 0.3 is 6.18 Å². The largest absolute Gasteiger partial charge is 0.416 e. The number of benzene rings is 3. The molecule has 2 unspecified atom stereocenters. The number of rotatable bonds is 4. The third-order valence-electron chi connectivity index (χ3n) is 6.21. The number of halogens is 4. The summed E-state index contributed by atoms with van der Waals surface area (Å²) in [6.07, 6.45) is -1.22. The highest BCUT2D eigenvalue weighted by Gasteiger charge is 2.33. The van der Waals surface area contributed by atoms with Crippen LogP contribution in [0.5, 0.6) is 0 Å². The van der Waals surface area contributed by atoms with E-state index in [2.05, 4.69) is 22.9 Å². The Kier molecular flexibility index (Phi) is 5.48. The van der Waals surface area contributed by atoms with Crippen molar-refractivity contribution in [2.75, 3.05) is 6.54 Å². The second-order valence-electron chi connectivity index (χ2n) is 8.22. The van der Waals surface area contributed by atoms with Crippen molar-refractivity contribution in [3.8, 4) is 0 Å². The minimum absolute atomic E-state index is 0.0672. The lowest BCUT2D eigenvalue weighted by atomic mass is 9.88. The van der Waals surface area contributed by atoms with E-state index >= 15 is 0 Å². The first kappa shape index (κ1) is 21.1. The summed E-state index contributed by atoms with van der Waals surface area (Å²) >= 11 is 6.07. The highest BCUT2D eigenvalue weighted by molar-refractivity contribution is 6.30. The van der Waals surface area contributed by atoms with Gasteiger partial charge in [-0.1, -0.05) is 54.1 Å². The molecule has 0 aliphatic carbocycles. The highest BCUT2D eigenvalue weighted by atomic mass is 35.5. The van der Waals surface area contributed by atoms with Crippen LogP contribution in [0.4, 0.5) is 13.2 Å². The summed E-state index contributed by atoms with van der Waals surface area (Å²) in [7, 11) is 0. The van der Waals surface area contributed by atoms with Gasteiger partial charge in [0.2, 0.25) is 0 Å². The van der Waals surface area contributed by atoms with E-state index in [1.54, 1.807) is 12.1 Å². The maximum absolute atomic E-state index is 12.9. The molecule has 1 radical (unpaired) electrons. The van der Waals surface area contributed by atoms with E-state index < -0.39 is 11.7 Å². The van der Waals surface area contributed by atoms with Crippen LogP contribution in [0.1, 0.15) is 40.6 Å². The second-order valence-corrected chi connectivity index (χ2v) is 8.66. The second kappa shape index (κ2) is 8.30. The molecule has 2 heterocycles. The molecule has 32 heavy (non-hydrogen) atoms. The van der Waals surface area contributed by atoms with Crippen molar-refractivity contribution in [1.29, 1.82) is 0 Å². The number of hydrogen-bond acceptors (Lipinski definition) is 0. The fourth-order valence-corrected chi connectivity index (χ4v) is 4.78. The average Bonchev–Trinajstić information content (AvgIpc) is 3.39. The molecule has 163 valence electrons. The van der Waals surface area contributed by atoms with Crippen molar-refractivity contribution < 1.29 is 13.2 Å². The van der Waals surface area contributed by atoms with Gasteiger partial charge in [-0.05, 0) is 53.4 Å². The molecule has 1 aromatic heterocycles. The minimum Gasteiger partial charge on any atom is -0.343 e. The number of hydrogen-bond donors (Lipinski definition) is 0. The molecule has 0 spiro atoms. The Morgan fingerprint density at radius 2 is 1.66 bits per heavy atom. The first-order valence-corrected chi connectivity index (χ1v) is 10.9. The molecule has 2 atom stereocenters. The average molecular weight is 454 g/mol. The Morgan fingerprint density at radius 1 is 0.938 bits per heavy atom. The van der Waals surface area contributed by atoms with Gasteiger partial charge in [-0.15, -0.1) is 0 Å². The molecule has 2 nitrogen and oxygen atoms in total. The zero-order valence-corrected chi connectivity index (χ0v) is 17.9. The van der Waals surface area contributed by atoms with E-state index in [0.29, 0.717) is 11.6 Å². The van der Waals surface area contributed by atoms with Crippen molar-refractivity contribution in [2.45, 2.75) is 31.1 Å². The van der Waals surface area contributed by atoms with Crippen molar-refractivity contribution in [2.24, 2.45) is 0 Å². The lowest BCUT2D eigenvalue weighted by Crippen LogP contribution is -2.11. The Hall–Kier alpha value is -2.76. The van der Waals surface area contributed by atoms with Crippen LogP contribution in [-0.2, 0) is 12.7 Å². The smallest absolute Gasteiger partial charge is 0.343 e. The quantitative estimate of drug-likeness (QED) is 0.311. The van der Waals surface area contributed by atoms with Crippen molar-refractivity contribution in [1.82, 2.24) is 9.88 Å². The number of nitrogens with zero attached hydrogens (tertiary/aromatic N) is 2. The van der Waals surface area contributed by atoms with Crippen molar-refractivity contribution in [3.63, 3.8) is 0 Å². The standard InChI is InChI=1S/C26H21ClF3N2/c27-20-11-7-18(8-12-20)25-22(13-14-31-25)23-16-32(24-4-2-1-3-21(23)24)15-17-5-9-19(10-6-17)26(28,29)30/h1-12,16,22,25H,13-15H2. The Bertz CT molecular complexity index is 1230. The SMILES string of the molecule is FC(F)(F)c1ccc(Cn2cc(C3CC[N]C3c3ccc(Cl)cc3)c3ccccc32)cc1. The molecule has 0 amide bonds. The van der Waals surface area contributed by atoms with Crippen molar-refractivity contribution in [3.05, 3.63) is 106 Å². The predicted molar refractivity (Wildman–Crippen MR) is 121 cm³/mol. The van der Waals surface area contributed by atoms with Crippen LogP contribution in [0.3, 0.4) is 0 Å². The maximum Gasteiger partial charge on any atom is 0.416 e. The van der Waals surface area contributed by atoms with Crippen molar-refractivity contribution >= 4 is 22.5 Å². The minimum atomic E-state index is -4.32. The van der Waals surface area contributed by atoms with E-state index in [1.807, 2.05) is 36.4 Å². The highest BCUT2D eigenvalue weighted by Crippen LogP contribution is 2.42. The zero-order valence-electron chi connectivity index (χ0n) is 17.2. The summed E-state index contributed by atoms with van der Waals surface area (Å²) in [4.78, 5) is 0. The summed E-state index contributed by atoms with van der Waals surface area (Å²) in [5.41, 5.74) is 3.66. The van der Waals surface area contributed by atoms with Gasteiger partial charge in [-0.2, -0.15) is 13.2 Å². The fourth-order valence-electron chi connectivity index (χ4n) is 4.66. The van der Waals surface area contributed by atoms with E-state index in [9.17, 15) is 13.2 Å². The molecule has 1 fully saturated rings. The third kappa shape index (κ3) is 4.03. The summed E-state index contributed by atoms with van der Waals surface area (Å²) in [5.74, 6) is 0.245. The molecule has 3 aromatic carbocycles. The van der Waals surface area contributed by atoms with Gasteiger partial charge in [0.25, 0.3) is 0 Å². The van der Waals surface area contributed by atoms with Gasteiger partial charge in [-0.25, -0.2) is 5.32 Å². The van der Waals surface area contributed by atoms with E-state index in [-0.39, 0.29) is 12.0 Å². The first-order valence-electron chi connectivity index (χ1n) is 10.6. The number of para-hydroxylation sites is 1. The Balaban J connectivity index is 1.49. The van der Waals surface area contributed by atoms with Crippen LogP contribution in [0.2, 0.25) is 5.02 Å². The van der Waals surface area contributed by atoms with Gasteiger partial charge in [0, 0.05) is 41.1 Å². The zero-order chi connectivity index (χ0) is 22.3. The topological polar surface area (TPSA) is 19.0 Å². The molecule has 1 aliphatic heterocycles. The van der Waals surface area contributed by atoms with Gasteiger partial charge < -0.3 is 4.57 Å². The number of fused-ring (bicyclic) bond motifs is 1. The Morgan fingerprint density at radius 3 is 2.38 bits per heavy atom. The van der Waals surface area contributed by atoms with Gasteiger partial charge in [-0.3, -0.25) is 0 Å². The third-order valence-corrected chi connectivity index (χ3v) is 6.46. The molecule has 6 heteroatoms. The summed E-state index contributed by atoms with van der Waals surface area (Å²) < 4.78 is 40.9. The normalized spacial score (nSPS) is 19.0. The summed E-state index contributed by atoms with van der Waals surface area (Å²) in [6, 6.07) is 21.5. The molecular weight excluding hydrogens is 433 g/mol. The van der Waals surface area contributed by atoms with E-state index in [0.717, 1.165) is 41.7 Å². The van der Waals surface area contributed by atoms with Gasteiger partial charge in [0.05, 0.1) is 11.6 Å². The number of aromatic nitrogens is 1. The lowest BCUT2D eigenvalue weighted by molar-refractivity contribution is -0.137. The molecular formula is C26H21ClF3N2. The van der Waals surface area contributed by atoms with E-state index in [4.69, 9.17) is 16.9 Å². The first-order chi connectivity index (χ1) is 15.4. The fraction of sp³-hybridized carbons (Fsp3) is 0.231. The summed E-state index contributed by atoms with van der Waals surface area (Å²) in [6.45, 7) is 1.31. The molecule has 1 aliphatic rings. The molecule has 4 aromatic rings. The van der Waals surface area contributed by atoms with Crippen LogP contribution < -0.4 is 5.32 Å². The monoisotopic (exact) mass is 453 g/mol. The maximum atomic E-state index is 12.9. The lowest BCUT2D eigenvalue weighted by Gasteiger charge is -2.19. The van der Waals surface area contributed by atoms with Crippen LogP contribution >= 0.6 is 11.6 Å². The molecule has 0 saturated carbocycles. The van der Waals surface area contributed by atoms with Gasteiger partial charge in [0.15, 0.2) is 0 Å². The van der Waals surface area contributed by atoms with Crippen LogP contribution in [-0.4, -0.2) is 11.1 Å². The van der Waals surface area contributed by atoms with E-state index in [1.165, 1.54) is 10.9 Å². The van der Waals surface area contributed by atoms with Crippen LogP contribution in [0.25, 0.3) is 10.9 Å². The summed E-state index contributed by atoms with van der Waals surface area (Å²) in [5, 5.41) is 6.74. The molecule has 0 bridgehead atoms. The molecule has 0 N–H and O–H groups in total. The number of alkyl halides is 3. The predicted octanol–water partition coefficient (Wildman–Crippen LogP) is 7.19. The van der Waals surface area contributed by atoms with Crippen LogP contribution in [0.15, 0.2) is 79.0 Å². The molecule has 1 saturated heterocycles.